The highest BCUT2D eigenvalue weighted by molar-refractivity contribution is 7.99. The Labute approximate surface area is 156 Å². The van der Waals surface area contributed by atoms with Crippen LogP contribution < -0.4 is 0 Å². The number of rotatable bonds is 9. The van der Waals surface area contributed by atoms with Gasteiger partial charge in [0.2, 0.25) is 5.79 Å². The van der Waals surface area contributed by atoms with E-state index in [1.54, 1.807) is 12.5 Å². The fourth-order valence-electron chi connectivity index (χ4n) is 3.06. The van der Waals surface area contributed by atoms with E-state index in [2.05, 4.69) is 26.8 Å². The molecule has 0 amide bonds. The minimum atomic E-state index is -0.688. The van der Waals surface area contributed by atoms with Crippen LogP contribution in [0.5, 0.6) is 0 Å². The Hall–Kier alpha value is -0.940. The standard InChI is InChI=1S/C20H32O4S/c1-6-25-19-15(11-12-22-19)8-10-18-16(13-23-20(4,5)24-18)17(21)9-7-14(2)3/h11-15,18-19H,6-10H2,1-5H3/t15-,18?,19+/m1/s1. The number of thioether (sulfide) groups is 1. The Bertz CT molecular complexity index is 510. The lowest BCUT2D eigenvalue weighted by Crippen LogP contribution is -2.39. The van der Waals surface area contributed by atoms with Gasteiger partial charge in [0.25, 0.3) is 0 Å². The number of hydrogen-bond acceptors (Lipinski definition) is 5. The second-order valence-corrected chi connectivity index (χ2v) is 8.96. The van der Waals surface area contributed by atoms with Crippen LogP contribution in [0, 0.1) is 11.8 Å². The largest absolute Gasteiger partial charge is 0.487 e. The Morgan fingerprint density at radius 3 is 2.76 bits per heavy atom. The van der Waals surface area contributed by atoms with Crippen molar-refractivity contribution in [1.29, 1.82) is 0 Å². The molecule has 5 heteroatoms. The monoisotopic (exact) mass is 368 g/mol. The molecule has 2 heterocycles. The molecular weight excluding hydrogens is 336 g/mol. The van der Waals surface area contributed by atoms with E-state index in [9.17, 15) is 4.79 Å². The van der Waals surface area contributed by atoms with Crippen LogP contribution in [-0.2, 0) is 19.0 Å². The Morgan fingerprint density at radius 2 is 2.08 bits per heavy atom. The zero-order chi connectivity index (χ0) is 18.4. The summed E-state index contributed by atoms with van der Waals surface area (Å²) in [4.78, 5) is 12.6. The van der Waals surface area contributed by atoms with Crippen LogP contribution in [0.15, 0.2) is 24.2 Å². The topological polar surface area (TPSA) is 44.8 Å². The summed E-state index contributed by atoms with van der Waals surface area (Å²) in [6.45, 7) is 10.2. The molecule has 2 aliphatic rings. The van der Waals surface area contributed by atoms with Gasteiger partial charge >= 0.3 is 0 Å². The quantitative estimate of drug-likeness (QED) is 0.570. The minimum absolute atomic E-state index is 0.145. The molecule has 0 spiro atoms. The molecule has 1 unspecified atom stereocenters. The van der Waals surface area contributed by atoms with E-state index in [-0.39, 0.29) is 17.3 Å². The van der Waals surface area contributed by atoms with Crippen molar-refractivity contribution in [3.8, 4) is 0 Å². The first-order valence-electron chi connectivity index (χ1n) is 9.35. The molecule has 142 valence electrons. The molecular formula is C20H32O4S. The highest BCUT2D eigenvalue weighted by Crippen LogP contribution is 2.35. The van der Waals surface area contributed by atoms with Gasteiger partial charge in [0.15, 0.2) is 5.78 Å². The van der Waals surface area contributed by atoms with Gasteiger partial charge < -0.3 is 14.2 Å². The van der Waals surface area contributed by atoms with E-state index < -0.39 is 5.79 Å². The Balaban J connectivity index is 1.99. The third-order valence-electron chi connectivity index (χ3n) is 4.49. The molecule has 4 nitrogen and oxygen atoms in total. The molecule has 0 aromatic heterocycles. The van der Waals surface area contributed by atoms with Gasteiger partial charge in [-0.1, -0.05) is 20.8 Å². The van der Waals surface area contributed by atoms with Crippen molar-refractivity contribution in [2.45, 2.75) is 77.6 Å². The lowest BCUT2D eigenvalue weighted by Gasteiger charge is -2.36. The van der Waals surface area contributed by atoms with Gasteiger partial charge in [-0.2, -0.15) is 0 Å². The number of Topliss-reactive ketones (excluding diaryl/α,β-unsaturated/α-hetero) is 1. The van der Waals surface area contributed by atoms with Gasteiger partial charge in [0.05, 0.1) is 24.2 Å². The second kappa shape index (κ2) is 9.13. The maximum atomic E-state index is 12.6. The zero-order valence-electron chi connectivity index (χ0n) is 16.1. The zero-order valence-corrected chi connectivity index (χ0v) is 16.9. The lowest BCUT2D eigenvalue weighted by atomic mass is 9.93. The first-order chi connectivity index (χ1) is 11.8. The van der Waals surface area contributed by atoms with Crippen molar-refractivity contribution in [2.24, 2.45) is 11.8 Å². The summed E-state index contributed by atoms with van der Waals surface area (Å²) in [7, 11) is 0. The molecule has 2 rings (SSSR count). The molecule has 25 heavy (non-hydrogen) atoms. The molecule has 3 atom stereocenters. The van der Waals surface area contributed by atoms with E-state index >= 15 is 0 Å². The molecule has 0 aromatic carbocycles. The number of ketones is 1. The van der Waals surface area contributed by atoms with Gasteiger partial charge in [-0.15, -0.1) is 11.8 Å². The van der Waals surface area contributed by atoms with Gasteiger partial charge in [-0.3, -0.25) is 4.79 Å². The van der Waals surface area contributed by atoms with Crippen LogP contribution in [0.25, 0.3) is 0 Å². The number of ether oxygens (including phenoxy) is 3. The first-order valence-corrected chi connectivity index (χ1v) is 10.4. The van der Waals surface area contributed by atoms with Crippen molar-refractivity contribution in [1.82, 2.24) is 0 Å². The highest BCUT2D eigenvalue weighted by Gasteiger charge is 2.35. The fourth-order valence-corrected chi connectivity index (χ4v) is 4.00. The Morgan fingerprint density at radius 1 is 1.32 bits per heavy atom. The summed E-state index contributed by atoms with van der Waals surface area (Å²) < 4.78 is 17.4. The average Bonchev–Trinajstić information content (AvgIpc) is 2.97. The molecule has 2 aliphatic heterocycles. The van der Waals surface area contributed by atoms with Crippen molar-refractivity contribution in [2.75, 3.05) is 5.75 Å². The van der Waals surface area contributed by atoms with Crippen molar-refractivity contribution >= 4 is 17.5 Å². The summed E-state index contributed by atoms with van der Waals surface area (Å²) in [6.07, 6.45) is 8.53. The van der Waals surface area contributed by atoms with Crippen LogP contribution in [0.2, 0.25) is 0 Å². The van der Waals surface area contributed by atoms with Crippen molar-refractivity contribution < 1.29 is 19.0 Å². The molecule has 0 fully saturated rings. The minimum Gasteiger partial charge on any atom is -0.487 e. The predicted octanol–water partition coefficient (Wildman–Crippen LogP) is 5.05. The first kappa shape index (κ1) is 20.4. The molecule has 0 bridgehead atoms. The maximum absolute atomic E-state index is 12.6. The normalized spacial score (nSPS) is 27.8. The third-order valence-corrected chi connectivity index (χ3v) is 5.62. The smallest absolute Gasteiger partial charge is 0.204 e. The van der Waals surface area contributed by atoms with Crippen molar-refractivity contribution in [3.63, 3.8) is 0 Å². The summed E-state index contributed by atoms with van der Waals surface area (Å²) in [5, 5.41) is 0. The van der Waals surface area contributed by atoms with E-state index in [4.69, 9.17) is 14.2 Å². The lowest BCUT2D eigenvalue weighted by molar-refractivity contribution is -0.218. The molecule has 0 N–H and O–H groups in total. The average molecular weight is 369 g/mol. The number of hydrogen-bond donors (Lipinski definition) is 0. The molecule has 0 saturated carbocycles. The number of carbonyl (C=O) groups excluding carboxylic acids is 1. The van der Waals surface area contributed by atoms with E-state index in [0.717, 1.165) is 25.0 Å². The number of carbonyl (C=O) groups is 1. The van der Waals surface area contributed by atoms with Crippen LogP contribution in [0.3, 0.4) is 0 Å². The molecule has 0 aliphatic carbocycles. The van der Waals surface area contributed by atoms with Gasteiger partial charge in [0.1, 0.15) is 5.44 Å². The van der Waals surface area contributed by atoms with E-state index in [0.29, 0.717) is 23.8 Å². The second-order valence-electron chi connectivity index (χ2n) is 7.58. The van der Waals surface area contributed by atoms with E-state index in [1.165, 1.54) is 0 Å². The van der Waals surface area contributed by atoms with Gasteiger partial charge in [-0.05, 0) is 37.0 Å². The maximum Gasteiger partial charge on any atom is 0.204 e. The predicted molar refractivity (Wildman–Crippen MR) is 102 cm³/mol. The van der Waals surface area contributed by atoms with Crippen LogP contribution in [-0.4, -0.2) is 28.9 Å². The van der Waals surface area contributed by atoms with E-state index in [1.807, 2.05) is 25.6 Å². The Kier molecular flexibility index (Phi) is 7.44. The third kappa shape index (κ3) is 6.07. The molecule has 0 aromatic rings. The SMILES string of the molecule is CCS[C@@H]1OC=C[C@H]1CCC1OC(C)(C)OC=C1C(=O)CCC(C)C. The summed E-state index contributed by atoms with van der Waals surface area (Å²) in [5.74, 6) is 1.37. The summed E-state index contributed by atoms with van der Waals surface area (Å²) >= 11 is 1.82. The molecule has 0 saturated heterocycles. The van der Waals surface area contributed by atoms with Gasteiger partial charge in [-0.25, -0.2) is 0 Å². The summed E-state index contributed by atoms with van der Waals surface area (Å²) in [6, 6.07) is 0. The molecule has 0 radical (unpaired) electrons. The highest BCUT2D eigenvalue weighted by atomic mass is 32.2. The van der Waals surface area contributed by atoms with Gasteiger partial charge in [0, 0.05) is 26.2 Å². The fraction of sp³-hybridized carbons (Fsp3) is 0.750. The van der Waals surface area contributed by atoms with Crippen LogP contribution in [0.1, 0.15) is 60.3 Å². The van der Waals surface area contributed by atoms with Crippen LogP contribution >= 0.6 is 11.8 Å². The van der Waals surface area contributed by atoms with Crippen LogP contribution in [0.4, 0.5) is 0 Å². The van der Waals surface area contributed by atoms with Crippen molar-refractivity contribution in [3.05, 3.63) is 24.2 Å². The summed E-state index contributed by atoms with van der Waals surface area (Å²) in [5.41, 5.74) is 0.865.